The van der Waals surface area contributed by atoms with Gasteiger partial charge in [0.1, 0.15) is 5.82 Å². The van der Waals surface area contributed by atoms with Crippen molar-refractivity contribution in [3.8, 4) is 12.3 Å². The number of fused-ring (bicyclic) bond motifs is 3. The first-order chi connectivity index (χ1) is 12.7. The maximum Gasteiger partial charge on any atom is 0.324 e. The van der Waals surface area contributed by atoms with E-state index in [9.17, 15) is 9.59 Å². The lowest BCUT2D eigenvalue weighted by molar-refractivity contribution is 0.0672. The molecule has 2 aliphatic rings. The summed E-state index contributed by atoms with van der Waals surface area (Å²) in [5.74, 6) is 2.93. The Bertz CT molecular complexity index is 932. The third-order valence-electron chi connectivity index (χ3n) is 4.85. The minimum absolute atomic E-state index is 0.0469. The van der Waals surface area contributed by atoms with E-state index in [1.54, 1.807) is 24.4 Å². The van der Waals surface area contributed by atoms with Gasteiger partial charge >= 0.3 is 6.03 Å². The summed E-state index contributed by atoms with van der Waals surface area (Å²) in [6, 6.07) is 8.40. The van der Waals surface area contributed by atoms with Gasteiger partial charge in [0.05, 0.1) is 6.04 Å². The van der Waals surface area contributed by atoms with Crippen LogP contribution in [0.25, 0.3) is 0 Å². The summed E-state index contributed by atoms with van der Waals surface area (Å²) in [4.78, 5) is 31.0. The zero-order valence-corrected chi connectivity index (χ0v) is 14.2. The van der Waals surface area contributed by atoms with Crippen molar-refractivity contribution in [1.29, 1.82) is 0 Å². The maximum absolute atomic E-state index is 12.6. The van der Waals surface area contributed by atoms with E-state index in [1.165, 1.54) is 0 Å². The van der Waals surface area contributed by atoms with Crippen LogP contribution in [0.5, 0.6) is 0 Å². The van der Waals surface area contributed by atoms with Gasteiger partial charge in [-0.3, -0.25) is 10.1 Å². The summed E-state index contributed by atoms with van der Waals surface area (Å²) >= 11 is 0. The molecule has 0 radical (unpaired) electrons. The van der Waals surface area contributed by atoms with Crippen molar-refractivity contribution in [3.63, 3.8) is 0 Å². The molecule has 1 atom stereocenters. The normalized spacial score (nSPS) is 17.9. The maximum atomic E-state index is 12.6. The van der Waals surface area contributed by atoms with Gasteiger partial charge in [0.15, 0.2) is 0 Å². The van der Waals surface area contributed by atoms with Gasteiger partial charge in [-0.15, -0.1) is 6.42 Å². The summed E-state index contributed by atoms with van der Waals surface area (Å²) in [6.45, 7) is 0.770. The first kappa shape index (κ1) is 16.2. The highest BCUT2D eigenvalue weighted by atomic mass is 16.2. The Morgan fingerprint density at radius 2 is 2.15 bits per heavy atom. The van der Waals surface area contributed by atoms with Crippen LogP contribution in [0.15, 0.2) is 36.5 Å². The van der Waals surface area contributed by atoms with Crippen LogP contribution in [-0.2, 0) is 0 Å². The quantitative estimate of drug-likeness (QED) is 0.819. The molecule has 130 valence electrons. The zero-order chi connectivity index (χ0) is 18.1. The van der Waals surface area contributed by atoms with Gasteiger partial charge in [-0.25, -0.2) is 9.78 Å². The van der Waals surface area contributed by atoms with Crippen LogP contribution in [0, 0.1) is 12.3 Å². The number of carbonyl (C=O) groups is 2. The van der Waals surface area contributed by atoms with Gasteiger partial charge in [0, 0.05) is 35.1 Å². The highest BCUT2D eigenvalue weighted by molar-refractivity contribution is 6.05. The molecule has 4 rings (SSSR count). The Balaban J connectivity index is 1.57. The molecule has 2 aliphatic heterocycles. The number of benzene rings is 1. The molecule has 3 amide bonds. The number of nitrogens with one attached hydrogen (secondary N) is 2. The molecule has 0 spiro atoms. The first-order valence-corrected chi connectivity index (χ1v) is 8.62. The summed E-state index contributed by atoms with van der Waals surface area (Å²) in [5, 5.41) is 5.55. The summed E-state index contributed by atoms with van der Waals surface area (Å²) in [6.07, 6.45) is 9.94. The molecule has 6 nitrogen and oxygen atoms in total. The number of amides is 3. The molecule has 1 aromatic carbocycles. The molecule has 1 fully saturated rings. The fourth-order valence-corrected chi connectivity index (χ4v) is 3.71. The fourth-order valence-electron chi connectivity index (χ4n) is 3.71. The van der Waals surface area contributed by atoms with Crippen molar-refractivity contribution >= 4 is 23.4 Å². The van der Waals surface area contributed by atoms with Gasteiger partial charge in [-0.1, -0.05) is 12.0 Å². The van der Waals surface area contributed by atoms with Crippen LogP contribution in [0.1, 0.15) is 46.8 Å². The van der Waals surface area contributed by atoms with Gasteiger partial charge in [-0.05, 0) is 43.5 Å². The van der Waals surface area contributed by atoms with Gasteiger partial charge in [-0.2, -0.15) is 0 Å². The van der Waals surface area contributed by atoms with Crippen LogP contribution < -0.4 is 10.6 Å². The topological polar surface area (TPSA) is 74.3 Å². The molecule has 6 heteroatoms. The molecule has 0 unspecified atom stereocenters. The van der Waals surface area contributed by atoms with Crippen molar-refractivity contribution in [2.75, 3.05) is 17.2 Å². The lowest BCUT2D eigenvalue weighted by atomic mass is 9.96. The second-order valence-electron chi connectivity index (χ2n) is 6.43. The standard InChI is InChI=1S/C20H18N4O2/c1-2-13-9-10-21-17(12-13)23-20(26)22-15-7-5-6-14-18(15)16-8-3-4-11-24(16)19(14)25/h1,5-7,9-10,12,16H,3-4,8,11H2,(H2,21,22,23,26)/t16-/m0/s1. The smallest absolute Gasteiger partial charge is 0.324 e. The number of urea groups is 1. The minimum Gasteiger partial charge on any atom is -0.331 e. The number of nitrogens with zero attached hydrogens (tertiary/aromatic N) is 2. The molecular formula is C20H18N4O2. The Morgan fingerprint density at radius 1 is 1.27 bits per heavy atom. The second-order valence-corrected chi connectivity index (χ2v) is 6.43. The molecule has 3 heterocycles. The lowest BCUT2D eigenvalue weighted by Gasteiger charge is -2.30. The highest BCUT2D eigenvalue weighted by Crippen LogP contribution is 2.43. The van der Waals surface area contributed by atoms with E-state index in [4.69, 9.17) is 6.42 Å². The molecule has 2 N–H and O–H groups in total. The largest absolute Gasteiger partial charge is 0.331 e. The van der Waals surface area contributed by atoms with E-state index in [0.29, 0.717) is 22.6 Å². The van der Waals surface area contributed by atoms with Crippen LogP contribution >= 0.6 is 0 Å². The van der Waals surface area contributed by atoms with Crippen molar-refractivity contribution in [1.82, 2.24) is 9.88 Å². The minimum atomic E-state index is -0.415. The number of carbonyl (C=O) groups excluding carboxylic acids is 2. The number of pyridine rings is 1. The molecule has 1 saturated heterocycles. The molecule has 26 heavy (non-hydrogen) atoms. The average molecular weight is 346 g/mol. The molecule has 2 aromatic rings. The van der Waals surface area contributed by atoms with Crippen LogP contribution in [-0.4, -0.2) is 28.4 Å². The second kappa shape index (κ2) is 6.52. The predicted octanol–water partition coefficient (Wildman–Crippen LogP) is 3.39. The monoisotopic (exact) mass is 346 g/mol. The number of rotatable bonds is 2. The van der Waals surface area contributed by atoms with E-state index in [1.807, 2.05) is 17.0 Å². The average Bonchev–Trinajstić information content (AvgIpc) is 2.96. The third-order valence-corrected chi connectivity index (χ3v) is 4.85. The number of hydrogen-bond donors (Lipinski definition) is 2. The van der Waals surface area contributed by atoms with Gasteiger partial charge in [0.2, 0.25) is 0 Å². The lowest BCUT2D eigenvalue weighted by Crippen LogP contribution is -2.32. The first-order valence-electron chi connectivity index (χ1n) is 8.62. The van der Waals surface area contributed by atoms with E-state index in [2.05, 4.69) is 21.5 Å². The SMILES string of the molecule is C#Cc1ccnc(NC(=O)Nc2cccc3c2[C@@H]2CCCCN2C3=O)c1. The predicted molar refractivity (Wildman–Crippen MR) is 98.9 cm³/mol. The van der Waals surface area contributed by atoms with E-state index in [-0.39, 0.29) is 11.9 Å². The van der Waals surface area contributed by atoms with Crippen LogP contribution in [0.4, 0.5) is 16.3 Å². The number of anilines is 2. The number of terminal acetylenes is 1. The number of aromatic nitrogens is 1. The Kier molecular flexibility index (Phi) is 4.05. The van der Waals surface area contributed by atoms with E-state index in [0.717, 1.165) is 31.4 Å². The van der Waals surface area contributed by atoms with Crippen LogP contribution in [0.3, 0.4) is 0 Å². The fraction of sp³-hybridized carbons (Fsp3) is 0.250. The third kappa shape index (κ3) is 2.78. The van der Waals surface area contributed by atoms with Gasteiger partial charge < -0.3 is 10.2 Å². The van der Waals surface area contributed by atoms with Crippen molar-refractivity contribution in [2.45, 2.75) is 25.3 Å². The summed E-state index contributed by atoms with van der Waals surface area (Å²) in [5.41, 5.74) is 2.90. The number of hydrogen-bond acceptors (Lipinski definition) is 3. The highest BCUT2D eigenvalue weighted by Gasteiger charge is 2.39. The Labute approximate surface area is 151 Å². The zero-order valence-electron chi connectivity index (χ0n) is 14.2. The molecule has 0 saturated carbocycles. The molecule has 1 aromatic heterocycles. The molecule has 0 bridgehead atoms. The number of piperidine rings is 1. The van der Waals surface area contributed by atoms with Crippen molar-refractivity contribution < 1.29 is 9.59 Å². The molecular weight excluding hydrogens is 328 g/mol. The van der Waals surface area contributed by atoms with E-state index < -0.39 is 6.03 Å². The Morgan fingerprint density at radius 3 is 3.00 bits per heavy atom. The molecule has 0 aliphatic carbocycles. The van der Waals surface area contributed by atoms with Crippen molar-refractivity contribution in [3.05, 3.63) is 53.2 Å². The summed E-state index contributed by atoms with van der Waals surface area (Å²) in [7, 11) is 0. The Hall–Kier alpha value is -3.33. The van der Waals surface area contributed by atoms with Crippen molar-refractivity contribution in [2.24, 2.45) is 0 Å². The summed E-state index contributed by atoms with van der Waals surface area (Å²) < 4.78 is 0. The van der Waals surface area contributed by atoms with Crippen LogP contribution in [0.2, 0.25) is 0 Å². The van der Waals surface area contributed by atoms with E-state index >= 15 is 0 Å². The van der Waals surface area contributed by atoms with Gasteiger partial charge in [0.25, 0.3) is 5.91 Å².